The van der Waals surface area contributed by atoms with Crippen molar-refractivity contribution in [3.8, 4) is 0 Å². The largest absolute Gasteiger partial charge is 0.335 e. The van der Waals surface area contributed by atoms with E-state index in [1.165, 1.54) is 6.07 Å². The lowest BCUT2D eigenvalue weighted by molar-refractivity contribution is -0.118. The van der Waals surface area contributed by atoms with Crippen LogP contribution in [0.1, 0.15) is 36.8 Å². The van der Waals surface area contributed by atoms with Gasteiger partial charge in [-0.1, -0.05) is 39.0 Å². The number of carbonyl (C=O) groups is 2. The van der Waals surface area contributed by atoms with Gasteiger partial charge in [0.05, 0.1) is 6.54 Å². The third-order valence-corrected chi connectivity index (χ3v) is 6.31. The standard InChI is InChI=1S/C26H31FN4O2/c1-4-29-11-13-30(14-12-29)26(33)24-16-20-15-21(28-25(32)18(2)3)9-10-23(20)31(24)17-19-7-5-6-8-22(19)27/h5-10,15-16,18H,4,11-14,17H2,1-3H3,(H,28,32). The Balaban J connectivity index is 1.72. The van der Waals surface area contributed by atoms with Crippen LogP contribution in [0.3, 0.4) is 0 Å². The third-order valence-electron chi connectivity index (χ3n) is 6.31. The number of amides is 2. The fourth-order valence-corrected chi connectivity index (χ4v) is 4.21. The molecule has 1 fully saturated rings. The van der Waals surface area contributed by atoms with Gasteiger partial charge in [-0.05, 0) is 36.9 Å². The normalized spacial score (nSPS) is 14.8. The summed E-state index contributed by atoms with van der Waals surface area (Å²) >= 11 is 0. The smallest absolute Gasteiger partial charge is 0.270 e. The Morgan fingerprint density at radius 3 is 2.42 bits per heavy atom. The van der Waals surface area contributed by atoms with Crippen molar-refractivity contribution in [3.05, 3.63) is 65.6 Å². The Hall–Kier alpha value is -3.19. The minimum atomic E-state index is -0.296. The Labute approximate surface area is 194 Å². The van der Waals surface area contributed by atoms with Crippen LogP contribution < -0.4 is 5.32 Å². The van der Waals surface area contributed by atoms with Crippen molar-refractivity contribution in [1.82, 2.24) is 14.4 Å². The summed E-state index contributed by atoms with van der Waals surface area (Å²) in [5, 5.41) is 3.75. The first-order valence-electron chi connectivity index (χ1n) is 11.6. The molecular weight excluding hydrogens is 419 g/mol. The van der Waals surface area contributed by atoms with Crippen LogP contribution in [0.4, 0.5) is 10.1 Å². The molecule has 0 atom stereocenters. The molecule has 3 aromatic rings. The van der Waals surface area contributed by atoms with Crippen molar-refractivity contribution < 1.29 is 14.0 Å². The average Bonchev–Trinajstić information content (AvgIpc) is 3.17. The summed E-state index contributed by atoms with van der Waals surface area (Å²) < 4.78 is 16.4. The number of anilines is 1. The minimum absolute atomic E-state index is 0.0499. The Morgan fingerprint density at radius 1 is 1.03 bits per heavy atom. The highest BCUT2D eigenvalue weighted by atomic mass is 19.1. The Kier molecular flexibility index (Phi) is 6.79. The zero-order chi connectivity index (χ0) is 23.5. The minimum Gasteiger partial charge on any atom is -0.335 e. The summed E-state index contributed by atoms with van der Waals surface area (Å²) in [6.07, 6.45) is 0. The SMILES string of the molecule is CCN1CCN(C(=O)c2cc3cc(NC(=O)C(C)C)ccc3n2Cc2ccccc2F)CC1. The molecule has 1 aliphatic rings. The van der Waals surface area contributed by atoms with E-state index in [0.717, 1.165) is 30.5 Å². The van der Waals surface area contributed by atoms with Crippen LogP contribution >= 0.6 is 0 Å². The molecule has 0 radical (unpaired) electrons. The molecule has 2 heterocycles. The van der Waals surface area contributed by atoms with E-state index in [2.05, 4.69) is 17.1 Å². The number of fused-ring (bicyclic) bond motifs is 1. The third kappa shape index (κ3) is 4.93. The maximum absolute atomic E-state index is 14.5. The quantitative estimate of drug-likeness (QED) is 0.612. The van der Waals surface area contributed by atoms with Crippen molar-refractivity contribution in [2.24, 2.45) is 5.92 Å². The highest BCUT2D eigenvalue weighted by molar-refractivity contribution is 6.01. The van der Waals surface area contributed by atoms with Crippen molar-refractivity contribution in [1.29, 1.82) is 0 Å². The van der Waals surface area contributed by atoms with Crippen LogP contribution in [0.25, 0.3) is 10.9 Å². The number of hydrogen-bond donors (Lipinski definition) is 1. The molecule has 33 heavy (non-hydrogen) atoms. The molecule has 1 saturated heterocycles. The Bertz CT molecular complexity index is 1160. The first-order valence-corrected chi connectivity index (χ1v) is 11.6. The van der Waals surface area contributed by atoms with Gasteiger partial charge >= 0.3 is 0 Å². The summed E-state index contributed by atoms with van der Waals surface area (Å²) in [7, 11) is 0. The number of rotatable bonds is 6. The van der Waals surface area contributed by atoms with Gasteiger partial charge in [0.25, 0.3) is 5.91 Å². The molecule has 0 bridgehead atoms. The van der Waals surface area contributed by atoms with Crippen molar-refractivity contribution in [2.75, 3.05) is 38.0 Å². The highest BCUT2D eigenvalue weighted by Crippen LogP contribution is 2.27. The fraction of sp³-hybridized carbons (Fsp3) is 0.385. The number of nitrogens with zero attached hydrogens (tertiary/aromatic N) is 3. The maximum Gasteiger partial charge on any atom is 0.270 e. The van der Waals surface area contributed by atoms with E-state index in [1.807, 2.05) is 47.6 Å². The van der Waals surface area contributed by atoms with Gasteiger partial charge in [-0.3, -0.25) is 9.59 Å². The number of carbonyl (C=O) groups excluding carboxylic acids is 2. The molecule has 0 unspecified atom stereocenters. The van der Waals surface area contributed by atoms with Gasteiger partial charge in [-0.2, -0.15) is 0 Å². The predicted octanol–water partition coefficient (Wildman–Crippen LogP) is 4.20. The van der Waals surface area contributed by atoms with E-state index in [0.29, 0.717) is 30.0 Å². The number of nitrogens with one attached hydrogen (secondary N) is 1. The molecule has 0 spiro atoms. The summed E-state index contributed by atoms with van der Waals surface area (Å²) in [4.78, 5) is 29.9. The molecule has 0 saturated carbocycles. The second-order valence-corrected chi connectivity index (χ2v) is 8.85. The molecule has 1 N–H and O–H groups in total. The number of hydrogen-bond acceptors (Lipinski definition) is 3. The average molecular weight is 451 g/mol. The summed E-state index contributed by atoms with van der Waals surface area (Å²) in [5.41, 5.74) is 2.57. The van der Waals surface area contributed by atoms with Crippen LogP contribution in [0.5, 0.6) is 0 Å². The van der Waals surface area contributed by atoms with E-state index >= 15 is 0 Å². The molecule has 4 rings (SSSR count). The van der Waals surface area contributed by atoms with Gasteiger partial charge in [-0.15, -0.1) is 0 Å². The fourth-order valence-electron chi connectivity index (χ4n) is 4.21. The molecule has 2 amide bonds. The van der Waals surface area contributed by atoms with Crippen LogP contribution in [-0.2, 0) is 11.3 Å². The van der Waals surface area contributed by atoms with E-state index in [9.17, 15) is 14.0 Å². The lowest BCUT2D eigenvalue weighted by Gasteiger charge is -2.34. The number of piperazine rings is 1. The summed E-state index contributed by atoms with van der Waals surface area (Å²) in [6.45, 7) is 10.1. The lowest BCUT2D eigenvalue weighted by atomic mass is 10.2. The summed E-state index contributed by atoms with van der Waals surface area (Å²) in [6, 6.07) is 14.1. The number of aromatic nitrogens is 1. The van der Waals surface area contributed by atoms with Crippen LogP contribution in [-0.4, -0.2) is 58.9 Å². The molecule has 1 aromatic heterocycles. The van der Waals surface area contributed by atoms with Gasteiger partial charge in [0.15, 0.2) is 0 Å². The molecule has 6 nitrogen and oxygen atoms in total. The molecule has 7 heteroatoms. The first-order chi connectivity index (χ1) is 15.9. The van der Waals surface area contributed by atoms with E-state index in [4.69, 9.17) is 0 Å². The van der Waals surface area contributed by atoms with Gasteiger partial charge < -0.3 is 19.7 Å². The zero-order valence-corrected chi connectivity index (χ0v) is 19.5. The van der Waals surface area contributed by atoms with Gasteiger partial charge in [0.1, 0.15) is 11.5 Å². The molecule has 2 aromatic carbocycles. The second kappa shape index (κ2) is 9.75. The number of benzene rings is 2. The topological polar surface area (TPSA) is 57.6 Å². The van der Waals surface area contributed by atoms with Crippen LogP contribution in [0.15, 0.2) is 48.5 Å². The van der Waals surface area contributed by atoms with Crippen LogP contribution in [0.2, 0.25) is 0 Å². The van der Waals surface area contributed by atoms with E-state index in [-0.39, 0.29) is 30.1 Å². The molecular formula is C26H31FN4O2. The highest BCUT2D eigenvalue weighted by Gasteiger charge is 2.25. The van der Waals surface area contributed by atoms with E-state index in [1.54, 1.807) is 18.2 Å². The second-order valence-electron chi connectivity index (χ2n) is 8.85. The molecule has 174 valence electrons. The van der Waals surface area contributed by atoms with Gasteiger partial charge in [0.2, 0.25) is 5.91 Å². The molecule has 0 aliphatic carbocycles. The van der Waals surface area contributed by atoms with Crippen molar-refractivity contribution in [2.45, 2.75) is 27.3 Å². The Morgan fingerprint density at radius 2 is 1.76 bits per heavy atom. The number of likely N-dealkylation sites (N-methyl/N-ethyl adjacent to an activating group) is 1. The predicted molar refractivity (Wildman–Crippen MR) is 129 cm³/mol. The van der Waals surface area contributed by atoms with Gasteiger partial charge in [-0.25, -0.2) is 4.39 Å². The van der Waals surface area contributed by atoms with Crippen LogP contribution in [0, 0.1) is 11.7 Å². The molecule has 1 aliphatic heterocycles. The maximum atomic E-state index is 14.5. The van der Waals surface area contributed by atoms with Gasteiger partial charge in [0, 0.05) is 54.3 Å². The lowest BCUT2D eigenvalue weighted by Crippen LogP contribution is -2.48. The monoisotopic (exact) mass is 450 g/mol. The summed E-state index contributed by atoms with van der Waals surface area (Å²) in [5.74, 6) is -0.545. The van der Waals surface area contributed by atoms with E-state index < -0.39 is 0 Å². The van der Waals surface area contributed by atoms with Crippen molar-refractivity contribution in [3.63, 3.8) is 0 Å². The first kappa shape index (κ1) is 23.0. The van der Waals surface area contributed by atoms with Crippen molar-refractivity contribution >= 4 is 28.4 Å². The zero-order valence-electron chi connectivity index (χ0n) is 19.5. The number of halogens is 1.